The molecule has 0 saturated heterocycles. The molecule has 0 radical (unpaired) electrons. The Balaban J connectivity index is 4.35. The number of nitrogens with zero attached hydrogens (tertiary/aromatic N) is 1. The maximum Gasteiger partial charge on any atom is 0.491 e. The second-order valence-corrected chi connectivity index (χ2v) is 3.78. The van der Waals surface area contributed by atoms with E-state index in [0.717, 1.165) is 12.4 Å². The molecule has 0 heterocycles. The van der Waals surface area contributed by atoms with E-state index in [1.165, 1.54) is 0 Å². The Morgan fingerprint density at radius 2 is 2.00 bits per heavy atom. The minimum absolute atomic E-state index is 0.0825. The molecular weight excluding hydrogens is 199 g/mol. The second-order valence-electron chi connectivity index (χ2n) is 3.78. The van der Waals surface area contributed by atoms with Gasteiger partial charge in [0.1, 0.15) is 5.60 Å². The summed E-state index contributed by atoms with van der Waals surface area (Å²) in [5, 5.41) is 17.4. The molecule has 0 spiro atoms. The van der Waals surface area contributed by atoms with Crippen molar-refractivity contribution in [1.82, 2.24) is 0 Å². The fourth-order valence-corrected chi connectivity index (χ4v) is 0.611. The molecule has 0 aliphatic heterocycles. The number of carbonyl (C=O) groups excluding carboxylic acids is 1. The van der Waals surface area contributed by atoms with Crippen molar-refractivity contribution in [3.05, 3.63) is 11.7 Å². The highest BCUT2D eigenvalue weighted by molar-refractivity contribution is 6.57. The molecule has 0 saturated carbocycles. The molecule has 0 atom stereocenters. The predicted octanol–water partition coefficient (Wildman–Crippen LogP) is -0.153. The molecule has 0 fully saturated rings. The second kappa shape index (κ2) is 5.52. The summed E-state index contributed by atoms with van der Waals surface area (Å²) in [4.78, 5) is 14.4. The van der Waals surface area contributed by atoms with Crippen LogP contribution in [0.5, 0.6) is 0 Å². The van der Waals surface area contributed by atoms with Gasteiger partial charge in [-0.25, -0.2) is 4.79 Å². The monoisotopic (exact) mass is 214 g/mol. The zero-order valence-electron chi connectivity index (χ0n) is 8.97. The summed E-state index contributed by atoms with van der Waals surface area (Å²) in [5.74, 6) is 0. The standard InChI is InChI=1S/C8H15BN2O4/c1-8(2,3)15-7(12)11-5-6(4-10)9(13)14/h4-5,13-14H,10H2,1-3H3/b6-4+,11-5+. The number of carbonyl (C=O) groups is 1. The highest BCUT2D eigenvalue weighted by Gasteiger charge is 2.16. The van der Waals surface area contributed by atoms with Gasteiger partial charge in [0.05, 0.1) is 0 Å². The molecular formula is C8H15BN2O4. The highest BCUT2D eigenvalue weighted by Crippen LogP contribution is 2.07. The topological polar surface area (TPSA) is 105 Å². The Labute approximate surface area is 88.6 Å². The lowest BCUT2D eigenvalue weighted by Gasteiger charge is -2.17. The van der Waals surface area contributed by atoms with Crippen LogP contribution in [0.4, 0.5) is 4.79 Å². The molecule has 84 valence electrons. The molecule has 0 rings (SSSR count). The Morgan fingerprint density at radius 1 is 1.47 bits per heavy atom. The summed E-state index contributed by atoms with van der Waals surface area (Å²) in [5.41, 5.74) is 4.34. The summed E-state index contributed by atoms with van der Waals surface area (Å²) in [6.07, 6.45) is 1.07. The number of nitrogens with two attached hydrogens (primary N) is 1. The van der Waals surface area contributed by atoms with Gasteiger partial charge in [0.25, 0.3) is 0 Å². The molecule has 0 bridgehead atoms. The van der Waals surface area contributed by atoms with E-state index in [2.05, 4.69) is 4.99 Å². The Kier molecular flexibility index (Phi) is 5.03. The van der Waals surface area contributed by atoms with Gasteiger partial charge in [0, 0.05) is 11.7 Å². The lowest BCUT2D eigenvalue weighted by molar-refractivity contribution is 0.0605. The van der Waals surface area contributed by atoms with Crippen molar-refractivity contribution >= 4 is 19.4 Å². The van der Waals surface area contributed by atoms with Crippen molar-refractivity contribution in [3.8, 4) is 0 Å². The maximum atomic E-state index is 11.1. The molecule has 0 aromatic carbocycles. The van der Waals surface area contributed by atoms with Crippen LogP contribution in [-0.4, -0.2) is 35.1 Å². The van der Waals surface area contributed by atoms with Gasteiger partial charge >= 0.3 is 13.2 Å². The Bertz CT molecular complexity index is 281. The van der Waals surface area contributed by atoms with Crippen LogP contribution in [0.3, 0.4) is 0 Å². The largest absolute Gasteiger partial charge is 0.491 e. The number of hydrogen-bond acceptors (Lipinski definition) is 5. The summed E-state index contributed by atoms with van der Waals surface area (Å²) in [7, 11) is -1.76. The average molecular weight is 214 g/mol. The molecule has 0 unspecified atom stereocenters. The third-order valence-electron chi connectivity index (χ3n) is 1.20. The molecule has 0 aliphatic rings. The molecule has 6 nitrogen and oxygen atoms in total. The molecule has 0 aromatic heterocycles. The van der Waals surface area contributed by atoms with E-state index in [-0.39, 0.29) is 5.47 Å². The molecule has 1 amide bonds. The fraction of sp³-hybridized carbons (Fsp3) is 0.500. The smallest absolute Gasteiger partial charge is 0.442 e. The first-order chi connectivity index (χ1) is 6.76. The van der Waals surface area contributed by atoms with Crippen LogP contribution in [0.15, 0.2) is 16.7 Å². The number of aliphatic imine (C=N–C) groups is 1. The number of hydrogen-bond donors (Lipinski definition) is 3. The maximum absolute atomic E-state index is 11.1. The summed E-state index contributed by atoms with van der Waals surface area (Å²) >= 11 is 0. The van der Waals surface area contributed by atoms with Crippen molar-refractivity contribution in [2.24, 2.45) is 10.7 Å². The van der Waals surface area contributed by atoms with E-state index in [1.54, 1.807) is 20.8 Å². The summed E-state index contributed by atoms with van der Waals surface area (Å²) in [6.45, 7) is 5.09. The molecule has 15 heavy (non-hydrogen) atoms. The number of allylic oxidation sites excluding steroid dienone is 1. The lowest BCUT2D eigenvalue weighted by atomic mass is 9.81. The summed E-state index contributed by atoms with van der Waals surface area (Å²) < 4.78 is 4.84. The average Bonchev–Trinajstić information content (AvgIpc) is 2.01. The van der Waals surface area contributed by atoms with Gasteiger partial charge in [0.2, 0.25) is 0 Å². The van der Waals surface area contributed by atoms with Gasteiger partial charge in [-0.05, 0) is 27.0 Å². The van der Waals surface area contributed by atoms with E-state index in [4.69, 9.17) is 20.5 Å². The fourth-order valence-electron chi connectivity index (χ4n) is 0.611. The van der Waals surface area contributed by atoms with Crippen LogP contribution in [0, 0.1) is 0 Å². The molecule has 0 aliphatic carbocycles. The van der Waals surface area contributed by atoms with Crippen LogP contribution in [-0.2, 0) is 4.74 Å². The quantitative estimate of drug-likeness (QED) is 0.437. The SMILES string of the molecule is CC(C)(C)OC(=O)/N=C/C(=C\N)B(O)O. The zero-order chi connectivity index (χ0) is 12.1. The molecule has 0 aromatic rings. The summed E-state index contributed by atoms with van der Waals surface area (Å²) in [6, 6.07) is 0. The number of amides is 1. The van der Waals surface area contributed by atoms with E-state index in [0.29, 0.717) is 0 Å². The lowest BCUT2D eigenvalue weighted by Crippen LogP contribution is -2.23. The van der Waals surface area contributed by atoms with Crippen molar-refractivity contribution in [2.75, 3.05) is 0 Å². The predicted molar refractivity (Wildman–Crippen MR) is 57.2 cm³/mol. The van der Waals surface area contributed by atoms with E-state index in [1.807, 2.05) is 0 Å². The van der Waals surface area contributed by atoms with Gasteiger partial charge in [-0.2, -0.15) is 4.99 Å². The van der Waals surface area contributed by atoms with Crippen LogP contribution >= 0.6 is 0 Å². The van der Waals surface area contributed by atoms with Crippen molar-refractivity contribution < 1.29 is 19.6 Å². The first-order valence-electron chi connectivity index (χ1n) is 4.31. The van der Waals surface area contributed by atoms with Gasteiger partial charge in [-0.1, -0.05) is 0 Å². The zero-order valence-corrected chi connectivity index (χ0v) is 8.97. The third-order valence-corrected chi connectivity index (χ3v) is 1.20. The van der Waals surface area contributed by atoms with Crippen molar-refractivity contribution in [2.45, 2.75) is 26.4 Å². The first kappa shape index (κ1) is 13.7. The van der Waals surface area contributed by atoms with Crippen LogP contribution in [0.2, 0.25) is 0 Å². The number of rotatable bonds is 2. The van der Waals surface area contributed by atoms with Gasteiger partial charge in [-0.15, -0.1) is 0 Å². The first-order valence-corrected chi connectivity index (χ1v) is 4.31. The van der Waals surface area contributed by atoms with Crippen LogP contribution < -0.4 is 5.73 Å². The van der Waals surface area contributed by atoms with Crippen LogP contribution in [0.1, 0.15) is 20.8 Å². The molecule has 7 heteroatoms. The normalized spacial score (nSPS) is 13.0. The van der Waals surface area contributed by atoms with Crippen molar-refractivity contribution in [3.63, 3.8) is 0 Å². The van der Waals surface area contributed by atoms with Gasteiger partial charge in [-0.3, -0.25) is 0 Å². The van der Waals surface area contributed by atoms with Crippen LogP contribution in [0.25, 0.3) is 0 Å². The minimum Gasteiger partial charge on any atom is -0.442 e. The Hall–Kier alpha value is -1.34. The molecule has 4 N–H and O–H groups in total. The van der Waals surface area contributed by atoms with Crippen molar-refractivity contribution in [1.29, 1.82) is 0 Å². The van der Waals surface area contributed by atoms with Gasteiger partial charge < -0.3 is 20.5 Å². The van der Waals surface area contributed by atoms with E-state index >= 15 is 0 Å². The van der Waals surface area contributed by atoms with E-state index < -0.39 is 18.8 Å². The van der Waals surface area contributed by atoms with Gasteiger partial charge in [0.15, 0.2) is 0 Å². The minimum atomic E-state index is -1.76. The highest BCUT2D eigenvalue weighted by atomic mass is 16.6. The van der Waals surface area contributed by atoms with E-state index in [9.17, 15) is 4.79 Å². The Morgan fingerprint density at radius 3 is 2.33 bits per heavy atom. The third kappa shape index (κ3) is 6.70. The number of ether oxygens (including phenoxy) is 1.